The molecular weight excluding hydrogens is 158 g/mol. The van der Waals surface area contributed by atoms with Crippen molar-refractivity contribution in [2.75, 3.05) is 40.0 Å². The van der Waals surface area contributed by atoms with Crippen molar-refractivity contribution in [3.63, 3.8) is 0 Å². The standard InChI is InChI=1S/C8H17NO3/c1-8(11)7-12-6-4-9(2)3-5-10/h10H,3-7H2,1-2H3. The first-order valence-electron chi connectivity index (χ1n) is 4.03. The fraction of sp³-hybridized carbons (Fsp3) is 0.875. The normalized spacial score (nSPS) is 10.7. The monoisotopic (exact) mass is 175 g/mol. The van der Waals surface area contributed by atoms with Gasteiger partial charge in [-0.25, -0.2) is 0 Å². The lowest BCUT2D eigenvalue weighted by Crippen LogP contribution is -2.26. The zero-order valence-corrected chi connectivity index (χ0v) is 7.75. The number of ether oxygens (including phenoxy) is 1. The molecule has 0 spiro atoms. The molecule has 0 rings (SSSR count). The van der Waals surface area contributed by atoms with Crippen LogP contribution in [0.3, 0.4) is 0 Å². The summed E-state index contributed by atoms with van der Waals surface area (Å²) in [5.74, 6) is 0.0415. The topological polar surface area (TPSA) is 49.8 Å². The van der Waals surface area contributed by atoms with Crippen molar-refractivity contribution in [3.05, 3.63) is 0 Å². The number of ketones is 1. The number of hydrogen-bond donors (Lipinski definition) is 1. The molecule has 0 unspecified atom stereocenters. The molecule has 0 saturated heterocycles. The van der Waals surface area contributed by atoms with Crippen molar-refractivity contribution < 1.29 is 14.6 Å². The Morgan fingerprint density at radius 3 is 2.67 bits per heavy atom. The summed E-state index contributed by atoms with van der Waals surface area (Å²) >= 11 is 0. The predicted octanol–water partition coefficient (Wildman–Crippen LogP) is -0.484. The van der Waals surface area contributed by atoms with Crippen molar-refractivity contribution in [2.24, 2.45) is 0 Å². The summed E-state index contributed by atoms with van der Waals surface area (Å²) < 4.78 is 5.04. The number of likely N-dealkylation sites (N-methyl/N-ethyl adjacent to an activating group) is 1. The molecule has 0 bridgehead atoms. The highest BCUT2D eigenvalue weighted by atomic mass is 16.5. The molecule has 4 nitrogen and oxygen atoms in total. The molecule has 0 fully saturated rings. The van der Waals surface area contributed by atoms with Gasteiger partial charge in [-0.2, -0.15) is 0 Å². The van der Waals surface area contributed by atoms with Crippen molar-refractivity contribution in [1.82, 2.24) is 4.90 Å². The minimum absolute atomic E-state index is 0.0415. The van der Waals surface area contributed by atoms with E-state index >= 15 is 0 Å². The Kier molecular flexibility index (Phi) is 6.94. The molecule has 1 N–H and O–H groups in total. The third-order valence-electron chi connectivity index (χ3n) is 1.40. The summed E-state index contributed by atoms with van der Waals surface area (Å²) in [7, 11) is 1.90. The highest BCUT2D eigenvalue weighted by Gasteiger charge is 1.97. The number of aliphatic hydroxyl groups is 1. The van der Waals surface area contributed by atoms with E-state index in [4.69, 9.17) is 9.84 Å². The molecule has 0 heterocycles. The van der Waals surface area contributed by atoms with Crippen LogP contribution in [-0.2, 0) is 9.53 Å². The molecule has 12 heavy (non-hydrogen) atoms. The molecule has 4 heteroatoms. The first-order chi connectivity index (χ1) is 5.66. The average molecular weight is 175 g/mol. The van der Waals surface area contributed by atoms with Crippen LogP contribution in [-0.4, -0.2) is 55.7 Å². The minimum atomic E-state index is 0.0415. The fourth-order valence-corrected chi connectivity index (χ4v) is 0.719. The van der Waals surface area contributed by atoms with Gasteiger partial charge in [0.15, 0.2) is 5.78 Å². The van der Waals surface area contributed by atoms with E-state index in [1.165, 1.54) is 6.92 Å². The highest BCUT2D eigenvalue weighted by Crippen LogP contribution is 1.82. The third-order valence-corrected chi connectivity index (χ3v) is 1.40. The van der Waals surface area contributed by atoms with Crippen LogP contribution in [0.25, 0.3) is 0 Å². The van der Waals surface area contributed by atoms with E-state index in [1.54, 1.807) is 0 Å². The maximum absolute atomic E-state index is 10.4. The highest BCUT2D eigenvalue weighted by molar-refractivity contribution is 5.76. The van der Waals surface area contributed by atoms with Gasteiger partial charge in [0.1, 0.15) is 6.61 Å². The van der Waals surface area contributed by atoms with E-state index in [0.29, 0.717) is 13.2 Å². The molecule has 0 atom stereocenters. The van der Waals surface area contributed by atoms with Crippen LogP contribution >= 0.6 is 0 Å². The van der Waals surface area contributed by atoms with Crippen LogP contribution in [0.5, 0.6) is 0 Å². The van der Waals surface area contributed by atoms with Crippen LogP contribution in [0.15, 0.2) is 0 Å². The summed E-state index contributed by atoms with van der Waals surface area (Å²) in [5.41, 5.74) is 0. The Balaban J connectivity index is 3.13. The smallest absolute Gasteiger partial charge is 0.155 e. The molecular formula is C8H17NO3. The Bertz CT molecular complexity index is 127. The number of carbonyl (C=O) groups excluding carboxylic acids is 1. The number of aliphatic hydroxyl groups excluding tert-OH is 1. The van der Waals surface area contributed by atoms with Crippen LogP contribution in [0.1, 0.15) is 6.92 Å². The van der Waals surface area contributed by atoms with Gasteiger partial charge in [-0.3, -0.25) is 4.79 Å². The van der Waals surface area contributed by atoms with Gasteiger partial charge in [0.25, 0.3) is 0 Å². The van der Waals surface area contributed by atoms with Gasteiger partial charge in [0.05, 0.1) is 13.2 Å². The largest absolute Gasteiger partial charge is 0.395 e. The number of hydrogen-bond acceptors (Lipinski definition) is 4. The number of carbonyl (C=O) groups is 1. The number of nitrogens with zero attached hydrogens (tertiary/aromatic N) is 1. The van der Waals surface area contributed by atoms with Crippen LogP contribution < -0.4 is 0 Å². The Morgan fingerprint density at radius 1 is 1.50 bits per heavy atom. The molecule has 0 aliphatic carbocycles. The molecule has 0 aliphatic heterocycles. The quantitative estimate of drug-likeness (QED) is 0.531. The van der Waals surface area contributed by atoms with Gasteiger partial charge < -0.3 is 14.7 Å². The molecule has 72 valence electrons. The third kappa shape index (κ3) is 7.65. The summed E-state index contributed by atoms with van der Waals surface area (Å²) in [4.78, 5) is 12.4. The van der Waals surface area contributed by atoms with E-state index in [1.807, 2.05) is 11.9 Å². The van der Waals surface area contributed by atoms with Crippen molar-refractivity contribution >= 4 is 5.78 Å². The fourth-order valence-electron chi connectivity index (χ4n) is 0.719. The van der Waals surface area contributed by atoms with Crippen LogP contribution in [0, 0.1) is 0 Å². The zero-order valence-electron chi connectivity index (χ0n) is 7.75. The molecule has 0 aromatic rings. The van der Waals surface area contributed by atoms with E-state index in [2.05, 4.69) is 0 Å². The molecule has 0 saturated carbocycles. The van der Waals surface area contributed by atoms with E-state index in [0.717, 1.165) is 6.54 Å². The maximum atomic E-state index is 10.4. The van der Waals surface area contributed by atoms with Crippen molar-refractivity contribution in [3.8, 4) is 0 Å². The van der Waals surface area contributed by atoms with E-state index < -0.39 is 0 Å². The second kappa shape index (κ2) is 7.21. The number of Topliss-reactive ketones (excluding diaryl/α,β-unsaturated/α-hetero) is 1. The van der Waals surface area contributed by atoms with Crippen molar-refractivity contribution in [1.29, 1.82) is 0 Å². The van der Waals surface area contributed by atoms with Gasteiger partial charge in [0.2, 0.25) is 0 Å². The van der Waals surface area contributed by atoms with Crippen molar-refractivity contribution in [2.45, 2.75) is 6.92 Å². The Hall–Kier alpha value is -0.450. The first-order valence-corrected chi connectivity index (χ1v) is 4.03. The van der Waals surface area contributed by atoms with Crippen LogP contribution in [0.4, 0.5) is 0 Å². The second-order valence-corrected chi connectivity index (χ2v) is 2.78. The zero-order chi connectivity index (χ0) is 9.40. The Labute approximate surface area is 73.1 Å². The SMILES string of the molecule is CC(=O)COCCN(C)CCO. The minimum Gasteiger partial charge on any atom is -0.395 e. The lowest BCUT2D eigenvalue weighted by Gasteiger charge is -2.14. The number of rotatable bonds is 7. The van der Waals surface area contributed by atoms with Gasteiger partial charge in [-0.1, -0.05) is 0 Å². The average Bonchev–Trinajstić information content (AvgIpc) is 1.98. The molecule has 0 radical (unpaired) electrons. The summed E-state index contributed by atoms with van der Waals surface area (Å²) in [6.45, 7) is 3.76. The lowest BCUT2D eigenvalue weighted by molar-refractivity contribution is -0.121. The van der Waals surface area contributed by atoms with Gasteiger partial charge in [0, 0.05) is 13.1 Å². The molecule has 0 amide bonds. The second-order valence-electron chi connectivity index (χ2n) is 2.78. The summed E-state index contributed by atoms with van der Waals surface area (Å²) in [6.07, 6.45) is 0. The predicted molar refractivity (Wildman–Crippen MR) is 46.1 cm³/mol. The van der Waals surface area contributed by atoms with E-state index in [9.17, 15) is 4.79 Å². The Morgan fingerprint density at radius 2 is 2.17 bits per heavy atom. The van der Waals surface area contributed by atoms with Crippen LogP contribution in [0.2, 0.25) is 0 Å². The van der Waals surface area contributed by atoms with Gasteiger partial charge in [-0.05, 0) is 14.0 Å². The van der Waals surface area contributed by atoms with Gasteiger partial charge in [-0.15, -0.1) is 0 Å². The summed E-state index contributed by atoms with van der Waals surface area (Å²) in [6, 6.07) is 0. The van der Waals surface area contributed by atoms with Gasteiger partial charge >= 0.3 is 0 Å². The van der Waals surface area contributed by atoms with E-state index in [-0.39, 0.29) is 19.0 Å². The lowest BCUT2D eigenvalue weighted by atomic mass is 10.5. The summed E-state index contributed by atoms with van der Waals surface area (Å²) in [5, 5.41) is 8.54. The molecule has 0 aliphatic rings. The first kappa shape index (κ1) is 11.6. The molecule has 0 aromatic carbocycles. The molecule has 0 aromatic heterocycles. The maximum Gasteiger partial charge on any atom is 0.155 e.